The first-order valence-electron chi connectivity index (χ1n) is 3.52. The summed E-state index contributed by atoms with van der Waals surface area (Å²) in [5.41, 5.74) is -0.254. The number of rotatable bonds is 5. The van der Waals surface area contributed by atoms with E-state index in [1.165, 1.54) is 0 Å². The number of hydrogen-bond donors (Lipinski definition) is 0. The Morgan fingerprint density at radius 1 is 1.33 bits per heavy atom. The molecule has 0 aromatic heterocycles. The van der Waals surface area contributed by atoms with Gasteiger partial charge >= 0.3 is 18.0 Å². The molecule has 0 N–H and O–H groups in total. The van der Waals surface area contributed by atoms with Crippen LogP contribution in [0.2, 0.25) is 0 Å². The summed E-state index contributed by atoms with van der Waals surface area (Å²) in [6.07, 6.45) is -5.34. The van der Waals surface area contributed by atoms with Crippen molar-refractivity contribution in [2.24, 2.45) is 0 Å². The predicted octanol–water partition coefficient (Wildman–Crippen LogP) is 2.23. The highest BCUT2D eigenvalue weighted by atomic mass is 19.4. The Morgan fingerprint density at radius 3 is 2.13 bits per heavy atom. The number of alkyl halides is 4. The molecular weight excluding hydrogens is 227 g/mol. The molecule has 0 aliphatic carbocycles. The molecule has 0 aromatic rings. The largest absolute Gasteiger partial charge is 0.456 e. The number of hydrogen-bond acceptors (Lipinski definition) is 3. The van der Waals surface area contributed by atoms with Crippen LogP contribution in [-0.4, -0.2) is 24.6 Å². The van der Waals surface area contributed by atoms with Gasteiger partial charge in [-0.25, -0.2) is 4.79 Å². The SMILES string of the molecule is C=C(C)C(=O)OCC(F)(F)C(F)(F)OF. The van der Waals surface area contributed by atoms with E-state index >= 15 is 0 Å². The van der Waals surface area contributed by atoms with Gasteiger partial charge in [0.25, 0.3) is 0 Å². The number of carbonyl (C=O) groups is 1. The lowest BCUT2D eigenvalue weighted by molar-refractivity contribution is -0.427. The molecule has 0 aliphatic rings. The lowest BCUT2D eigenvalue weighted by Crippen LogP contribution is -2.45. The van der Waals surface area contributed by atoms with Gasteiger partial charge in [0.1, 0.15) is 0 Å². The summed E-state index contributed by atoms with van der Waals surface area (Å²) in [7, 11) is 0. The average molecular weight is 234 g/mol. The first-order chi connectivity index (χ1) is 6.64. The van der Waals surface area contributed by atoms with Crippen LogP contribution in [0.1, 0.15) is 6.92 Å². The molecular formula is C7H7F5O3. The second kappa shape index (κ2) is 4.56. The van der Waals surface area contributed by atoms with Crippen LogP contribution in [0.25, 0.3) is 0 Å². The maximum Gasteiger partial charge on any atom is 0.452 e. The molecule has 88 valence electrons. The molecule has 0 radical (unpaired) electrons. The number of esters is 1. The van der Waals surface area contributed by atoms with Crippen LogP contribution in [0.15, 0.2) is 12.2 Å². The monoisotopic (exact) mass is 234 g/mol. The van der Waals surface area contributed by atoms with E-state index in [0.29, 0.717) is 0 Å². The highest BCUT2D eigenvalue weighted by Crippen LogP contribution is 2.35. The summed E-state index contributed by atoms with van der Waals surface area (Å²) in [4.78, 5) is 12.4. The third-order valence-corrected chi connectivity index (χ3v) is 1.26. The van der Waals surface area contributed by atoms with E-state index in [4.69, 9.17) is 0 Å². The minimum absolute atomic E-state index is 0.254. The maximum absolute atomic E-state index is 12.4. The van der Waals surface area contributed by atoms with Crippen molar-refractivity contribution in [1.82, 2.24) is 0 Å². The molecule has 0 bridgehead atoms. The Hall–Kier alpha value is -1.18. The second-order valence-electron chi connectivity index (χ2n) is 2.65. The van der Waals surface area contributed by atoms with Crippen LogP contribution in [0.3, 0.4) is 0 Å². The fourth-order valence-electron chi connectivity index (χ4n) is 0.420. The van der Waals surface area contributed by atoms with Gasteiger partial charge in [0, 0.05) is 5.57 Å². The van der Waals surface area contributed by atoms with Crippen LogP contribution < -0.4 is 0 Å². The molecule has 0 spiro atoms. The van der Waals surface area contributed by atoms with E-state index in [-0.39, 0.29) is 5.57 Å². The Balaban J connectivity index is 4.40. The highest BCUT2D eigenvalue weighted by molar-refractivity contribution is 5.86. The van der Waals surface area contributed by atoms with Crippen molar-refractivity contribution < 1.29 is 36.6 Å². The summed E-state index contributed by atoms with van der Waals surface area (Å²) in [5, 5.41) is 0. The van der Waals surface area contributed by atoms with Gasteiger partial charge in [-0.2, -0.15) is 17.6 Å². The molecule has 0 heterocycles. The first-order valence-corrected chi connectivity index (χ1v) is 3.52. The van der Waals surface area contributed by atoms with Gasteiger partial charge in [-0.05, 0) is 11.4 Å². The van der Waals surface area contributed by atoms with Crippen LogP contribution in [-0.2, 0) is 14.5 Å². The number of ether oxygens (including phenoxy) is 1. The molecule has 0 fully saturated rings. The summed E-state index contributed by atoms with van der Waals surface area (Å²) < 4.78 is 63.7. The summed E-state index contributed by atoms with van der Waals surface area (Å²) >= 11 is 0. The van der Waals surface area contributed by atoms with E-state index in [1.807, 2.05) is 0 Å². The van der Waals surface area contributed by atoms with Gasteiger partial charge in [0.2, 0.25) is 0 Å². The Kier molecular flexibility index (Phi) is 4.20. The molecule has 0 unspecified atom stereocenters. The zero-order valence-electron chi connectivity index (χ0n) is 7.53. The zero-order chi connectivity index (χ0) is 12.3. The first kappa shape index (κ1) is 13.8. The van der Waals surface area contributed by atoms with Gasteiger partial charge in [0.15, 0.2) is 6.61 Å². The van der Waals surface area contributed by atoms with Gasteiger partial charge in [-0.3, -0.25) is 0 Å². The van der Waals surface area contributed by atoms with Crippen molar-refractivity contribution in [3.63, 3.8) is 0 Å². The maximum atomic E-state index is 12.4. The van der Waals surface area contributed by atoms with Gasteiger partial charge in [0.05, 0.1) is 0 Å². The van der Waals surface area contributed by atoms with E-state index in [1.54, 1.807) is 4.94 Å². The van der Waals surface area contributed by atoms with Crippen LogP contribution in [0, 0.1) is 0 Å². The molecule has 15 heavy (non-hydrogen) atoms. The lowest BCUT2D eigenvalue weighted by atomic mass is 10.3. The molecule has 0 amide bonds. The molecule has 0 saturated heterocycles. The fraction of sp³-hybridized carbons (Fsp3) is 0.571. The quantitative estimate of drug-likeness (QED) is 0.415. The Morgan fingerprint density at radius 2 is 1.80 bits per heavy atom. The van der Waals surface area contributed by atoms with Gasteiger partial charge < -0.3 is 4.74 Å². The van der Waals surface area contributed by atoms with E-state index in [9.17, 15) is 26.9 Å². The van der Waals surface area contributed by atoms with E-state index in [0.717, 1.165) is 6.92 Å². The molecule has 0 saturated carbocycles. The normalized spacial score (nSPS) is 12.4. The standard InChI is InChI=1S/C7H7F5O3/c1-4(2)5(13)14-3-6(8,9)7(10,11)15-12/h1,3H2,2H3. The lowest BCUT2D eigenvalue weighted by Gasteiger charge is -2.21. The summed E-state index contributed by atoms with van der Waals surface area (Å²) in [6, 6.07) is 0. The van der Waals surface area contributed by atoms with E-state index in [2.05, 4.69) is 11.3 Å². The highest BCUT2D eigenvalue weighted by Gasteiger charge is 2.60. The van der Waals surface area contributed by atoms with Crippen molar-refractivity contribution >= 4 is 5.97 Å². The van der Waals surface area contributed by atoms with Crippen LogP contribution >= 0.6 is 0 Å². The fourth-order valence-corrected chi connectivity index (χ4v) is 0.420. The molecule has 0 rings (SSSR count). The minimum Gasteiger partial charge on any atom is -0.456 e. The van der Waals surface area contributed by atoms with Crippen molar-refractivity contribution in [2.75, 3.05) is 6.61 Å². The van der Waals surface area contributed by atoms with Crippen LogP contribution in [0.5, 0.6) is 0 Å². The molecule has 0 aliphatic heterocycles. The third-order valence-electron chi connectivity index (χ3n) is 1.26. The number of halogens is 5. The van der Waals surface area contributed by atoms with Crippen molar-refractivity contribution in [1.29, 1.82) is 0 Å². The zero-order valence-corrected chi connectivity index (χ0v) is 7.53. The van der Waals surface area contributed by atoms with Crippen molar-refractivity contribution in [3.05, 3.63) is 12.2 Å². The van der Waals surface area contributed by atoms with Gasteiger partial charge in [-0.15, -0.1) is 4.94 Å². The Bertz CT molecular complexity index is 263. The average Bonchev–Trinajstić information content (AvgIpc) is 2.13. The van der Waals surface area contributed by atoms with Crippen molar-refractivity contribution in [2.45, 2.75) is 19.0 Å². The summed E-state index contributed by atoms with van der Waals surface area (Å²) in [5.74, 6) is -6.24. The van der Waals surface area contributed by atoms with Crippen LogP contribution in [0.4, 0.5) is 22.1 Å². The topological polar surface area (TPSA) is 35.5 Å². The second-order valence-corrected chi connectivity index (χ2v) is 2.65. The van der Waals surface area contributed by atoms with Crippen molar-refractivity contribution in [3.8, 4) is 0 Å². The third kappa shape index (κ3) is 3.46. The summed E-state index contributed by atoms with van der Waals surface area (Å²) in [6.45, 7) is 2.15. The molecule has 3 nitrogen and oxygen atoms in total. The molecule has 8 heteroatoms. The van der Waals surface area contributed by atoms with Gasteiger partial charge in [-0.1, -0.05) is 6.58 Å². The molecule has 0 atom stereocenters. The predicted molar refractivity (Wildman–Crippen MR) is 37.9 cm³/mol. The Labute approximate surface area is 81.4 Å². The van der Waals surface area contributed by atoms with E-state index < -0.39 is 24.6 Å². The smallest absolute Gasteiger partial charge is 0.452 e. The number of carbonyl (C=O) groups excluding carboxylic acids is 1. The molecule has 0 aromatic carbocycles. The minimum atomic E-state index is -5.34.